The van der Waals surface area contributed by atoms with Crippen LogP contribution in [0.1, 0.15) is 32.3 Å². The normalized spacial score (nSPS) is 20.5. The first-order valence-electron chi connectivity index (χ1n) is 14.0. The number of fused-ring (bicyclic) bond motifs is 1. The molecule has 15 nitrogen and oxygen atoms in total. The Labute approximate surface area is 265 Å². The molecular weight excluding hydrogens is 654 g/mol. The molecule has 2 unspecified atom stereocenters. The minimum absolute atomic E-state index is 0.0110. The Morgan fingerprint density at radius 3 is 2.47 bits per heavy atom. The molecule has 2 aliphatic heterocycles. The molecule has 0 saturated carbocycles. The highest BCUT2D eigenvalue weighted by atomic mass is 35.5. The van der Waals surface area contributed by atoms with Crippen molar-refractivity contribution in [2.24, 2.45) is 5.14 Å². The van der Waals surface area contributed by atoms with Crippen LogP contribution in [0, 0.1) is 0 Å². The number of anilines is 1. The maximum absolute atomic E-state index is 13.2. The third-order valence-corrected chi connectivity index (χ3v) is 10.1. The zero-order chi connectivity index (χ0) is 33.1. The minimum atomic E-state index is -4.25. The van der Waals surface area contributed by atoms with Crippen LogP contribution in [0.2, 0.25) is 5.02 Å². The predicted octanol–water partition coefficient (Wildman–Crippen LogP) is 1.56. The van der Waals surface area contributed by atoms with Crippen LogP contribution in [0.3, 0.4) is 0 Å². The van der Waals surface area contributed by atoms with Crippen LogP contribution < -0.4 is 19.9 Å². The molecule has 0 bridgehead atoms. The lowest BCUT2D eigenvalue weighted by Crippen LogP contribution is -2.48. The summed E-state index contributed by atoms with van der Waals surface area (Å²) >= 11 is 6.04. The summed E-state index contributed by atoms with van der Waals surface area (Å²) in [4.78, 5) is 38.7. The van der Waals surface area contributed by atoms with Gasteiger partial charge < -0.3 is 29.7 Å². The van der Waals surface area contributed by atoms with Gasteiger partial charge in [0, 0.05) is 25.9 Å². The molecule has 5 N–H and O–H groups in total. The summed E-state index contributed by atoms with van der Waals surface area (Å²) in [6.07, 6.45) is -1.16. The molecule has 2 aliphatic rings. The van der Waals surface area contributed by atoms with Crippen molar-refractivity contribution in [3.63, 3.8) is 0 Å². The fourth-order valence-corrected chi connectivity index (χ4v) is 7.64. The second kappa shape index (κ2) is 13.8. The fourth-order valence-electron chi connectivity index (χ4n) is 5.14. The number of nitrogens with zero attached hydrogens (tertiary/aromatic N) is 2. The Balaban J connectivity index is 1.40. The number of primary sulfonamides is 1. The average molecular weight is 688 g/mol. The van der Waals surface area contributed by atoms with Crippen molar-refractivity contribution in [3.8, 4) is 5.75 Å². The van der Waals surface area contributed by atoms with E-state index >= 15 is 0 Å². The molecule has 2 heterocycles. The van der Waals surface area contributed by atoms with E-state index in [1.54, 1.807) is 38.1 Å². The van der Waals surface area contributed by atoms with E-state index in [0.717, 1.165) is 6.07 Å². The quantitative estimate of drug-likeness (QED) is 0.249. The number of carbonyl (C=O) groups excluding carboxylic acids is 2. The van der Waals surface area contributed by atoms with Crippen molar-refractivity contribution in [1.29, 1.82) is 0 Å². The molecule has 4 rings (SSSR count). The standard InChI is InChI=1S/C27H34ClN5O10S2/c1-3-32(10-9-25(34)42-4-2)27(37)33-15-18(12-21(33)26(35)36)43-17-7-5-16(6-8-17)11-24-30-20-13-19(28)22(44(29,38)39)14-23(20)45(40,41)31-24/h5-8,13-14,18,21,24,30-31H,3-4,9-12,15H2,1-2H3,(H,35,36)(H2,29,38,39)/t18?,21-,24?/m0/s1. The number of hydrogen-bond acceptors (Lipinski definition) is 10. The third-order valence-electron chi connectivity index (χ3n) is 7.26. The van der Waals surface area contributed by atoms with Gasteiger partial charge in [0.05, 0.1) is 36.4 Å². The lowest BCUT2D eigenvalue weighted by Gasteiger charge is -2.29. The SMILES string of the molecule is CCOC(=O)CCN(CC)C(=O)N1CC(Oc2ccc(CC3Nc4cc(Cl)c(S(N)(=O)=O)cc4S(=O)(=O)N3)cc2)C[C@H]1C(=O)O. The van der Waals surface area contributed by atoms with Crippen LogP contribution >= 0.6 is 11.6 Å². The number of urea groups is 1. The summed E-state index contributed by atoms with van der Waals surface area (Å²) < 4.78 is 62.7. The van der Waals surface area contributed by atoms with Crippen molar-refractivity contribution in [2.45, 2.75) is 61.2 Å². The number of sulfonamides is 2. The molecule has 0 spiro atoms. The number of nitrogens with one attached hydrogen (secondary N) is 2. The number of benzene rings is 2. The predicted molar refractivity (Wildman–Crippen MR) is 162 cm³/mol. The maximum atomic E-state index is 13.2. The van der Waals surface area contributed by atoms with Crippen LogP contribution in [-0.4, -0.2) is 94.3 Å². The molecular formula is C27H34ClN5O10S2. The number of halogens is 1. The number of ether oxygens (including phenoxy) is 2. The molecule has 0 aromatic heterocycles. The molecule has 0 radical (unpaired) electrons. The van der Waals surface area contributed by atoms with Crippen molar-refractivity contribution < 1.29 is 45.8 Å². The molecule has 18 heteroatoms. The van der Waals surface area contributed by atoms with Gasteiger partial charge in [0.1, 0.15) is 27.7 Å². The number of carboxylic acid groups (broad SMARTS) is 1. The van der Waals surface area contributed by atoms with E-state index in [-0.39, 0.29) is 61.1 Å². The molecule has 1 fully saturated rings. The highest BCUT2D eigenvalue weighted by Gasteiger charge is 2.42. The molecule has 2 aromatic carbocycles. The van der Waals surface area contributed by atoms with Gasteiger partial charge in [-0.05, 0) is 43.7 Å². The Bertz CT molecular complexity index is 1670. The maximum Gasteiger partial charge on any atom is 0.326 e. The summed E-state index contributed by atoms with van der Waals surface area (Å²) in [6, 6.07) is 7.18. The van der Waals surface area contributed by atoms with Crippen LogP contribution in [0.25, 0.3) is 0 Å². The molecule has 0 aliphatic carbocycles. The van der Waals surface area contributed by atoms with Crippen LogP contribution in [0.5, 0.6) is 5.75 Å². The Morgan fingerprint density at radius 1 is 1.18 bits per heavy atom. The van der Waals surface area contributed by atoms with Gasteiger partial charge in [-0.1, -0.05) is 23.7 Å². The largest absolute Gasteiger partial charge is 0.488 e. The van der Waals surface area contributed by atoms with E-state index in [4.69, 9.17) is 26.2 Å². The second-order valence-electron chi connectivity index (χ2n) is 10.4. The van der Waals surface area contributed by atoms with Crippen LogP contribution in [0.15, 0.2) is 46.2 Å². The number of carboxylic acids is 1. The summed E-state index contributed by atoms with van der Waals surface area (Å²) in [5.41, 5.74) is 0.831. The van der Waals surface area contributed by atoms with E-state index in [9.17, 15) is 36.3 Å². The number of aliphatic carboxylic acids is 1. The summed E-state index contributed by atoms with van der Waals surface area (Å²) in [5, 5.41) is 17.7. The van der Waals surface area contributed by atoms with Gasteiger partial charge in [-0.2, -0.15) is 4.72 Å². The smallest absolute Gasteiger partial charge is 0.326 e. The molecule has 3 atom stereocenters. The van der Waals surface area contributed by atoms with Gasteiger partial charge in [0.25, 0.3) is 0 Å². The summed E-state index contributed by atoms with van der Waals surface area (Å²) in [7, 11) is -8.35. The first-order chi connectivity index (χ1) is 21.1. The van der Waals surface area contributed by atoms with Crippen molar-refractivity contribution in [2.75, 3.05) is 31.6 Å². The molecule has 1 saturated heterocycles. The van der Waals surface area contributed by atoms with Gasteiger partial charge in [0.2, 0.25) is 20.0 Å². The molecule has 2 aromatic rings. The number of amides is 2. The highest BCUT2D eigenvalue weighted by molar-refractivity contribution is 7.90. The number of hydrogen-bond donors (Lipinski definition) is 4. The van der Waals surface area contributed by atoms with E-state index < -0.39 is 61.2 Å². The van der Waals surface area contributed by atoms with Gasteiger partial charge in [-0.15, -0.1) is 0 Å². The summed E-state index contributed by atoms with van der Waals surface area (Å²) in [5.74, 6) is -1.20. The molecule has 246 valence electrons. The lowest BCUT2D eigenvalue weighted by atomic mass is 10.1. The monoisotopic (exact) mass is 687 g/mol. The first kappa shape index (κ1) is 34.2. The van der Waals surface area contributed by atoms with E-state index in [1.165, 1.54) is 15.9 Å². The number of nitrogens with two attached hydrogens (primary N) is 1. The zero-order valence-corrected chi connectivity index (χ0v) is 26.8. The van der Waals surface area contributed by atoms with Gasteiger partial charge >= 0.3 is 18.0 Å². The topological polar surface area (TPSA) is 215 Å². The van der Waals surface area contributed by atoms with E-state index in [0.29, 0.717) is 11.3 Å². The minimum Gasteiger partial charge on any atom is -0.488 e. The molecule has 45 heavy (non-hydrogen) atoms. The Kier molecular flexibility index (Phi) is 10.5. The van der Waals surface area contributed by atoms with Gasteiger partial charge in [-0.3, -0.25) is 4.79 Å². The van der Waals surface area contributed by atoms with E-state index in [2.05, 4.69) is 10.0 Å². The number of likely N-dealkylation sites (tertiary alicyclic amines) is 1. The Hall–Kier alpha value is -3.64. The Morgan fingerprint density at radius 2 is 1.87 bits per heavy atom. The summed E-state index contributed by atoms with van der Waals surface area (Å²) in [6.45, 7) is 4.02. The number of rotatable bonds is 11. The van der Waals surface area contributed by atoms with Crippen LogP contribution in [0.4, 0.5) is 10.5 Å². The second-order valence-corrected chi connectivity index (χ2v) is 14.0. The van der Waals surface area contributed by atoms with Crippen molar-refractivity contribution in [3.05, 3.63) is 47.0 Å². The van der Waals surface area contributed by atoms with E-state index in [1.807, 2.05) is 0 Å². The number of carbonyl (C=O) groups is 3. The van der Waals surface area contributed by atoms with Crippen molar-refractivity contribution >= 4 is 55.3 Å². The highest BCUT2D eigenvalue weighted by Crippen LogP contribution is 2.34. The number of esters is 1. The van der Waals surface area contributed by atoms with Crippen LogP contribution in [-0.2, 0) is 40.8 Å². The first-order valence-corrected chi connectivity index (χ1v) is 17.4. The van der Waals surface area contributed by atoms with Crippen molar-refractivity contribution in [1.82, 2.24) is 14.5 Å². The fraction of sp³-hybridized carbons (Fsp3) is 0.444. The lowest BCUT2D eigenvalue weighted by molar-refractivity contribution is -0.144. The third kappa shape index (κ3) is 8.15. The van der Waals surface area contributed by atoms with Gasteiger partial charge in [-0.25, -0.2) is 31.6 Å². The average Bonchev–Trinajstić information content (AvgIpc) is 3.37. The van der Waals surface area contributed by atoms with Gasteiger partial charge in [0.15, 0.2) is 0 Å². The molecule has 2 amide bonds. The zero-order valence-electron chi connectivity index (χ0n) is 24.4.